The molecule has 0 aliphatic rings. The molecule has 0 aliphatic carbocycles. The number of aliphatic hydroxyl groups is 1. The van der Waals surface area contributed by atoms with E-state index in [4.69, 9.17) is 15.2 Å². The molecule has 1 aromatic rings. The molecule has 0 heterocycles. The average molecular weight is 615 g/mol. The van der Waals surface area contributed by atoms with E-state index in [1.807, 2.05) is 26.8 Å². The van der Waals surface area contributed by atoms with Crippen LogP contribution in [0, 0.1) is 23.7 Å². The van der Waals surface area contributed by atoms with Crippen molar-refractivity contribution in [2.24, 2.45) is 29.4 Å². The van der Waals surface area contributed by atoms with Gasteiger partial charge < -0.3 is 36.3 Å². The lowest BCUT2D eigenvalue weighted by molar-refractivity contribution is -0.132. The van der Waals surface area contributed by atoms with Crippen molar-refractivity contribution in [2.45, 2.75) is 85.4 Å². The van der Waals surface area contributed by atoms with Gasteiger partial charge in [-0.15, -0.1) is 12.4 Å². The quantitative estimate of drug-likeness (QED) is 0.141. The summed E-state index contributed by atoms with van der Waals surface area (Å²) in [7, 11) is 1.67. The van der Waals surface area contributed by atoms with Crippen LogP contribution in [-0.4, -0.2) is 74.4 Å². The van der Waals surface area contributed by atoms with E-state index in [9.17, 15) is 19.5 Å². The molecule has 5 atom stereocenters. The lowest BCUT2D eigenvalue weighted by atomic mass is 9.83. The SMILES string of the molecule is CCNC(=O)C(C)NC(=O)C(CC(O)C(N)CC(CNC(=O)c1ccccc1OCCCCOC)C(C)C)C(C)C.Cl. The first-order chi connectivity index (χ1) is 19.4. The Morgan fingerprint density at radius 1 is 0.929 bits per heavy atom. The standard InChI is InChI=1S/C31H54N4O6.ClH/c1-8-33-29(37)22(6)35-31(39)25(21(4)5)18-27(36)26(32)17-23(20(2)3)19-34-30(38)24-13-9-10-14-28(24)41-16-12-11-15-40-7;/h9-10,13-14,20-23,25-27,36H,8,11-12,15-19,32H2,1-7H3,(H,33,37)(H,34,38)(H,35,39);1H. The Morgan fingerprint density at radius 3 is 2.17 bits per heavy atom. The summed E-state index contributed by atoms with van der Waals surface area (Å²) >= 11 is 0. The van der Waals surface area contributed by atoms with Gasteiger partial charge in [-0.25, -0.2) is 0 Å². The normalized spacial score (nSPS) is 14.7. The second-order valence-electron chi connectivity index (χ2n) is 11.4. The van der Waals surface area contributed by atoms with Gasteiger partial charge in [0.25, 0.3) is 5.91 Å². The van der Waals surface area contributed by atoms with Crippen molar-refractivity contribution in [1.29, 1.82) is 0 Å². The van der Waals surface area contributed by atoms with Crippen molar-refractivity contribution in [3.05, 3.63) is 29.8 Å². The molecule has 10 nitrogen and oxygen atoms in total. The molecule has 0 radical (unpaired) electrons. The van der Waals surface area contributed by atoms with Crippen LogP contribution < -0.4 is 26.4 Å². The van der Waals surface area contributed by atoms with Crippen LogP contribution in [0.3, 0.4) is 0 Å². The maximum atomic E-state index is 13.1. The second kappa shape index (κ2) is 21.3. The highest BCUT2D eigenvalue weighted by atomic mass is 35.5. The zero-order valence-corrected chi connectivity index (χ0v) is 27.3. The van der Waals surface area contributed by atoms with E-state index in [1.54, 1.807) is 32.2 Å². The zero-order chi connectivity index (χ0) is 30.9. The van der Waals surface area contributed by atoms with Crippen molar-refractivity contribution in [3.8, 4) is 5.75 Å². The molecule has 242 valence electrons. The fraction of sp³-hybridized carbons (Fsp3) is 0.710. The predicted octanol–water partition coefficient (Wildman–Crippen LogP) is 3.30. The maximum absolute atomic E-state index is 13.1. The van der Waals surface area contributed by atoms with Gasteiger partial charge in [0, 0.05) is 38.8 Å². The van der Waals surface area contributed by atoms with E-state index < -0.39 is 24.1 Å². The van der Waals surface area contributed by atoms with Gasteiger partial charge in [-0.05, 0) is 69.4 Å². The predicted molar refractivity (Wildman–Crippen MR) is 169 cm³/mol. The van der Waals surface area contributed by atoms with Crippen LogP contribution in [-0.2, 0) is 14.3 Å². The molecular formula is C31H55ClN4O6. The Balaban J connectivity index is 0.0000168. The van der Waals surface area contributed by atoms with Gasteiger partial charge >= 0.3 is 0 Å². The first kappa shape index (κ1) is 39.6. The number of unbranched alkanes of at least 4 members (excludes halogenated alkanes) is 1. The van der Waals surface area contributed by atoms with Crippen LogP contribution in [0.25, 0.3) is 0 Å². The maximum Gasteiger partial charge on any atom is 0.255 e. The number of amides is 3. The van der Waals surface area contributed by atoms with Gasteiger partial charge in [0.1, 0.15) is 11.8 Å². The van der Waals surface area contributed by atoms with Gasteiger partial charge in [0.05, 0.1) is 18.3 Å². The lowest BCUT2D eigenvalue weighted by Gasteiger charge is -2.30. The van der Waals surface area contributed by atoms with Crippen molar-refractivity contribution < 1.29 is 29.0 Å². The van der Waals surface area contributed by atoms with Gasteiger partial charge in [-0.2, -0.15) is 0 Å². The van der Waals surface area contributed by atoms with Crippen molar-refractivity contribution in [3.63, 3.8) is 0 Å². The van der Waals surface area contributed by atoms with Crippen LogP contribution in [0.2, 0.25) is 0 Å². The minimum absolute atomic E-state index is 0. The number of likely N-dealkylation sites (N-methyl/N-ethyl adjacent to an activating group) is 1. The largest absolute Gasteiger partial charge is 0.493 e. The van der Waals surface area contributed by atoms with Crippen molar-refractivity contribution >= 4 is 30.1 Å². The summed E-state index contributed by atoms with van der Waals surface area (Å²) in [6, 6.07) is 5.91. The Labute approximate surface area is 258 Å². The lowest BCUT2D eigenvalue weighted by Crippen LogP contribution is -2.49. The second-order valence-corrected chi connectivity index (χ2v) is 11.4. The molecule has 42 heavy (non-hydrogen) atoms. The molecular weight excluding hydrogens is 560 g/mol. The number of para-hydroxylation sites is 1. The van der Waals surface area contributed by atoms with E-state index >= 15 is 0 Å². The van der Waals surface area contributed by atoms with Crippen LogP contribution in [0.4, 0.5) is 0 Å². The number of methoxy groups -OCH3 is 1. The van der Waals surface area contributed by atoms with E-state index in [1.165, 1.54) is 0 Å². The first-order valence-electron chi connectivity index (χ1n) is 14.9. The summed E-state index contributed by atoms with van der Waals surface area (Å²) in [5, 5.41) is 19.4. The highest BCUT2D eigenvalue weighted by Crippen LogP contribution is 2.24. The fourth-order valence-electron chi connectivity index (χ4n) is 4.56. The number of nitrogens with one attached hydrogen (secondary N) is 3. The molecule has 0 saturated heterocycles. The number of benzene rings is 1. The van der Waals surface area contributed by atoms with Crippen molar-refractivity contribution in [1.82, 2.24) is 16.0 Å². The molecule has 0 saturated carbocycles. The van der Waals surface area contributed by atoms with Gasteiger partial charge in [-0.1, -0.05) is 39.8 Å². The Bertz CT molecular complexity index is 932. The topological polar surface area (TPSA) is 152 Å². The average Bonchev–Trinajstić information content (AvgIpc) is 2.93. The third kappa shape index (κ3) is 14.2. The minimum atomic E-state index is -0.919. The summed E-state index contributed by atoms with van der Waals surface area (Å²) in [5.74, 6) is -0.573. The molecule has 3 amide bonds. The van der Waals surface area contributed by atoms with Gasteiger partial charge in [-0.3, -0.25) is 14.4 Å². The number of carbonyl (C=O) groups excluding carboxylic acids is 3. The molecule has 6 N–H and O–H groups in total. The number of halogens is 1. The number of nitrogens with two attached hydrogens (primary N) is 1. The summed E-state index contributed by atoms with van der Waals surface area (Å²) in [4.78, 5) is 38.0. The van der Waals surface area contributed by atoms with Crippen LogP contribution in [0.15, 0.2) is 24.3 Å². The molecule has 0 bridgehead atoms. The van der Waals surface area contributed by atoms with Crippen LogP contribution in [0.1, 0.15) is 77.6 Å². The summed E-state index contributed by atoms with van der Waals surface area (Å²) in [6.45, 7) is 13.4. The Kier molecular flexibility index (Phi) is 20.1. The minimum Gasteiger partial charge on any atom is -0.493 e. The number of aliphatic hydroxyl groups excluding tert-OH is 1. The highest BCUT2D eigenvalue weighted by molar-refractivity contribution is 5.96. The van der Waals surface area contributed by atoms with E-state index in [2.05, 4.69) is 29.8 Å². The van der Waals surface area contributed by atoms with Gasteiger partial charge in [0.2, 0.25) is 11.8 Å². The van der Waals surface area contributed by atoms with E-state index in [-0.39, 0.29) is 54.3 Å². The molecule has 0 spiro atoms. The number of carbonyl (C=O) groups is 3. The number of hydrogen-bond donors (Lipinski definition) is 5. The molecule has 1 aromatic carbocycles. The zero-order valence-electron chi connectivity index (χ0n) is 26.5. The molecule has 5 unspecified atom stereocenters. The summed E-state index contributed by atoms with van der Waals surface area (Å²) in [6.07, 6.45) is 1.44. The smallest absolute Gasteiger partial charge is 0.255 e. The van der Waals surface area contributed by atoms with Gasteiger partial charge in [0.15, 0.2) is 0 Å². The number of rotatable bonds is 20. The fourth-order valence-corrected chi connectivity index (χ4v) is 4.56. The third-order valence-corrected chi connectivity index (χ3v) is 7.41. The van der Waals surface area contributed by atoms with Crippen LogP contribution in [0.5, 0.6) is 5.75 Å². The van der Waals surface area contributed by atoms with E-state index in [0.29, 0.717) is 44.0 Å². The monoisotopic (exact) mass is 614 g/mol. The summed E-state index contributed by atoms with van der Waals surface area (Å²) in [5.41, 5.74) is 6.91. The molecule has 0 aromatic heterocycles. The molecule has 1 rings (SSSR count). The number of hydrogen-bond acceptors (Lipinski definition) is 7. The third-order valence-electron chi connectivity index (χ3n) is 7.41. The first-order valence-corrected chi connectivity index (χ1v) is 14.9. The molecule has 0 fully saturated rings. The summed E-state index contributed by atoms with van der Waals surface area (Å²) < 4.78 is 10.9. The van der Waals surface area contributed by atoms with Crippen LogP contribution >= 0.6 is 12.4 Å². The van der Waals surface area contributed by atoms with E-state index in [0.717, 1.165) is 12.8 Å². The highest BCUT2D eigenvalue weighted by Gasteiger charge is 2.31. The molecule has 11 heteroatoms. The Morgan fingerprint density at radius 2 is 1.57 bits per heavy atom. The number of ether oxygens (including phenoxy) is 2. The Hall–Kier alpha value is -2.40. The molecule has 0 aliphatic heterocycles. The van der Waals surface area contributed by atoms with Crippen molar-refractivity contribution in [2.75, 3.05) is 33.4 Å².